The number of benzene rings is 2. The molecule has 0 radical (unpaired) electrons. The van der Waals surface area contributed by atoms with Gasteiger partial charge in [-0.15, -0.1) is 11.3 Å². The number of anilines is 2. The van der Waals surface area contributed by atoms with Crippen molar-refractivity contribution in [2.45, 2.75) is 18.8 Å². The highest BCUT2D eigenvalue weighted by atomic mass is 32.1. The molecule has 0 aliphatic carbocycles. The summed E-state index contributed by atoms with van der Waals surface area (Å²) in [4.78, 5) is 18.2. The van der Waals surface area contributed by atoms with Gasteiger partial charge >= 0.3 is 0 Å². The molecule has 2 atom stereocenters. The van der Waals surface area contributed by atoms with E-state index in [1.165, 1.54) is 5.56 Å². The molecule has 0 amide bonds. The van der Waals surface area contributed by atoms with Gasteiger partial charge in [-0.2, -0.15) is 0 Å². The topological polar surface area (TPSA) is 54.4 Å². The number of ether oxygens (including phenoxy) is 1. The Labute approximate surface area is 208 Å². The van der Waals surface area contributed by atoms with Crippen LogP contribution in [0.3, 0.4) is 0 Å². The molecule has 2 aliphatic rings. The van der Waals surface area contributed by atoms with Gasteiger partial charge < -0.3 is 14.5 Å². The average Bonchev–Trinajstić information content (AvgIpc) is 3.44. The van der Waals surface area contributed by atoms with E-state index in [1.807, 2.05) is 17.2 Å². The molecule has 2 unspecified atom stereocenters. The Hall–Kier alpha value is -3.10. The van der Waals surface area contributed by atoms with Crippen LogP contribution in [0.15, 0.2) is 60.4 Å². The van der Waals surface area contributed by atoms with E-state index in [0.29, 0.717) is 37.9 Å². The summed E-state index contributed by atoms with van der Waals surface area (Å²) in [5.74, 6) is 1.21. The Bertz CT molecular complexity index is 1280. The number of halogens is 1. The molecule has 0 spiro atoms. The maximum atomic E-state index is 15.3. The molecule has 180 valence electrons. The fourth-order valence-electron chi connectivity index (χ4n) is 5.49. The number of nitrogens with zero attached hydrogens (tertiary/aromatic N) is 5. The van der Waals surface area contributed by atoms with E-state index in [4.69, 9.17) is 9.72 Å². The fraction of sp³-hybridized carbons (Fsp3) is 0.370. The maximum absolute atomic E-state index is 15.3. The smallest absolute Gasteiger partial charge is 0.147 e. The highest BCUT2D eigenvalue weighted by Gasteiger charge is 2.32. The lowest BCUT2D eigenvalue weighted by molar-refractivity contribution is 0.122. The zero-order valence-electron chi connectivity index (χ0n) is 19.5. The predicted molar refractivity (Wildman–Crippen MR) is 138 cm³/mol. The Balaban J connectivity index is 1.33. The molecule has 2 aliphatic heterocycles. The van der Waals surface area contributed by atoms with Crippen molar-refractivity contribution in [3.8, 4) is 0 Å². The number of hydrogen-bond acceptors (Lipinski definition) is 7. The van der Waals surface area contributed by atoms with E-state index in [1.54, 1.807) is 23.7 Å². The Morgan fingerprint density at radius 3 is 2.66 bits per heavy atom. The van der Waals surface area contributed by atoms with Crippen molar-refractivity contribution >= 4 is 33.7 Å². The summed E-state index contributed by atoms with van der Waals surface area (Å²) in [5, 5.41) is 3.98. The highest BCUT2D eigenvalue weighted by Crippen LogP contribution is 2.40. The Kier molecular flexibility index (Phi) is 6.31. The molecule has 8 heteroatoms. The molecular formula is C27H28FN5OS. The number of hydrogen-bond donors (Lipinski definition) is 0. The van der Waals surface area contributed by atoms with Crippen molar-refractivity contribution in [2.75, 3.05) is 49.2 Å². The van der Waals surface area contributed by atoms with Gasteiger partial charge in [-0.05, 0) is 36.5 Å². The second kappa shape index (κ2) is 9.87. The zero-order valence-corrected chi connectivity index (χ0v) is 20.3. The molecule has 0 N–H and O–H groups in total. The number of piperidine rings is 1. The van der Waals surface area contributed by atoms with Gasteiger partial charge in [-0.3, -0.25) is 0 Å². The minimum absolute atomic E-state index is 0.228. The first-order valence-electron chi connectivity index (χ1n) is 12.2. The van der Waals surface area contributed by atoms with Crippen molar-refractivity contribution < 1.29 is 9.13 Å². The van der Waals surface area contributed by atoms with E-state index < -0.39 is 0 Å². The van der Waals surface area contributed by atoms with E-state index in [2.05, 4.69) is 50.6 Å². The van der Waals surface area contributed by atoms with Gasteiger partial charge in [0.1, 0.15) is 23.0 Å². The van der Waals surface area contributed by atoms with Crippen molar-refractivity contribution in [3.05, 3.63) is 76.8 Å². The van der Waals surface area contributed by atoms with Gasteiger partial charge in [0.2, 0.25) is 0 Å². The minimum Gasteiger partial charge on any atom is -0.378 e. The molecule has 4 aromatic rings. The summed E-state index contributed by atoms with van der Waals surface area (Å²) in [7, 11) is 0. The predicted octanol–water partition coefficient (Wildman–Crippen LogP) is 5.11. The van der Waals surface area contributed by atoms with Gasteiger partial charge in [0, 0.05) is 49.1 Å². The van der Waals surface area contributed by atoms with Crippen LogP contribution >= 0.6 is 11.3 Å². The molecule has 2 aromatic carbocycles. The first-order valence-corrected chi connectivity index (χ1v) is 13.1. The SMILES string of the molecule is Fc1cc2c(N3CCCC(C(c4ccccc4)c4nccs4)C3)ncnc2cc1N1CCOCC1. The van der Waals surface area contributed by atoms with Crippen LogP contribution < -0.4 is 9.80 Å². The summed E-state index contributed by atoms with van der Waals surface area (Å²) >= 11 is 1.72. The lowest BCUT2D eigenvalue weighted by Crippen LogP contribution is -2.39. The highest BCUT2D eigenvalue weighted by molar-refractivity contribution is 7.09. The third kappa shape index (κ3) is 4.48. The molecule has 0 saturated carbocycles. The quantitative estimate of drug-likeness (QED) is 0.388. The zero-order chi connectivity index (χ0) is 23.6. The lowest BCUT2D eigenvalue weighted by atomic mass is 9.81. The van der Waals surface area contributed by atoms with Gasteiger partial charge in [-0.1, -0.05) is 30.3 Å². The number of aromatic nitrogens is 3. The number of fused-ring (bicyclic) bond motifs is 1. The molecular weight excluding hydrogens is 461 g/mol. The van der Waals surface area contributed by atoms with Crippen LogP contribution in [0.4, 0.5) is 15.9 Å². The summed E-state index contributed by atoms with van der Waals surface area (Å²) in [6.07, 6.45) is 5.68. The van der Waals surface area contributed by atoms with Crippen LogP contribution in [-0.2, 0) is 4.74 Å². The molecule has 2 fully saturated rings. The van der Waals surface area contributed by atoms with Crippen LogP contribution in [-0.4, -0.2) is 54.3 Å². The summed E-state index contributed by atoms with van der Waals surface area (Å²) in [5.41, 5.74) is 2.66. The van der Waals surface area contributed by atoms with Crippen LogP contribution in [0.25, 0.3) is 10.9 Å². The monoisotopic (exact) mass is 489 g/mol. The Morgan fingerprint density at radius 2 is 1.86 bits per heavy atom. The van der Waals surface area contributed by atoms with Crippen LogP contribution in [0.5, 0.6) is 0 Å². The third-order valence-electron chi connectivity index (χ3n) is 7.14. The Morgan fingerprint density at radius 1 is 1.00 bits per heavy atom. The van der Waals surface area contributed by atoms with Gasteiger partial charge in [-0.25, -0.2) is 19.3 Å². The first kappa shape index (κ1) is 22.4. The van der Waals surface area contributed by atoms with E-state index in [-0.39, 0.29) is 11.7 Å². The van der Waals surface area contributed by atoms with Crippen molar-refractivity contribution in [1.29, 1.82) is 0 Å². The van der Waals surface area contributed by atoms with Crippen molar-refractivity contribution in [1.82, 2.24) is 15.0 Å². The number of rotatable bonds is 5. The molecule has 6 rings (SSSR count). The van der Waals surface area contributed by atoms with Crippen molar-refractivity contribution in [2.24, 2.45) is 5.92 Å². The standard InChI is InChI=1S/C27H28FN5OS/c28-22-15-21-23(16-24(22)32-10-12-34-13-11-32)30-18-31-26(21)33-9-4-7-20(17-33)25(27-29-8-14-35-27)19-5-2-1-3-6-19/h1-3,5-6,8,14-16,18,20,25H,4,7,9-13,17H2. The summed E-state index contributed by atoms with van der Waals surface area (Å²) < 4.78 is 20.7. The molecule has 2 aromatic heterocycles. The van der Waals surface area contributed by atoms with Gasteiger partial charge in [0.15, 0.2) is 0 Å². The molecule has 6 nitrogen and oxygen atoms in total. The first-order chi connectivity index (χ1) is 17.3. The van der Waals surface area contributed by atoms with Gasteiger partial charge in [0.25, 0.3) is 0 Å². The third-order valence-corrected chi connectivity index (χ3v) is 8.00. The average molecular weight is 490 g/mol. The molecule has 35 heavy (non-hydrogen) atoms. The van der Waals surface area contributed by atoms with Gasteiger partial charge in [0.05, 0.1) is 24.4 Å². The largest absolute Gasteiger partial charge is 0.378 e. The second-order valence-electron chi connectivity index (χ2n) is 9.22. The summed E-state index contributed by atoms with van der Waals surface area (Å²) in [6.45, 7) is 4.34. The van der Waals surface area contributed by atoms with Crippen LogP contribution in [0.1, 0.15) is 29.3 Å². The van der Waals surface area contributed by atoms with E-state index >= 15 is 4.39 Å². The van der Waals surface area contributed by atoms with Crippen LogP contribution in [0.2, 0.25) is 0 Å². The number of morpholine rings is 1. The minimum atomic E-state index is -0.228. The second-order valence-corrected chi connectivity index (χ2v) is 10.2. The van der Waals surface area contributed by atoms with Crippen LogP contribution in [0, 0.1) is 11.7 Å². The molecule has 0 bridgehead atoms. The number of thiazole rings is 1. The fourth-order valence-corrected chi connectivity index (χ4v) is 6.35. The maximum Gasteiger partial charge on any atom is 0.147 e. The van der Waals surface area contributed by atoms with Crippen molar-refractivity contribution in [3.63, 3.8) is 0 Å². The lowest BCUT2D eigenvalue weighted by Gasteiger charge is -2.37. The normalized spacial score (nSPS) is 19.7. The van der Waals surface area contributed by atoms with E-state index in [0.717, 1.165) is 47.7 Å². The molecule has 2 saturated heterocycles. The molecule has 4 heterocycles. The van der Waals surface area contributed by atoms with E-state index in [9.17, 15) is 0 Å². The summed E-state index contributed by atoms with van der Waals surface area (Å²) in [6, 6.07) is 14.1.